The van der Waals surface area contributed by atoms with E-state index in [1.807, 2.05) is 12.1 Å². The molecule has 2 aromatic rings. The van der Waals surface area contributed by atoms with Crippen LogP contribution in [0, 0.1) is 0 Å². The number of fused-ring (bicyclic) bond motifs is 1. The maximum Gasteiger partial charge on any atom is 0.220 e. The van der Waals surface area contributed by atoms with E-state index in [-0.39, 0.29) is 25.2 Å². The molecule has 0 aromatic heterocycles. The van der Waals surface area contributed by atoms with Crippen LogP contribution in [0.2, 0.25) is 0 Å². The van der Waals surface area contributed by atoms with E-state index in [1.54, 1.807) is 44.6 Å². The molecule has 1 saturated heterocycles. The standard InChI is InChI=1S/C31H42N2O7.CH4/c1-37-21-24-7-6-16-33(24)20-26(31(36)23-12-15-28-29(19-23)40-18-17-39-28)32-30(35)9-5-3-4-8-27(34)22-10-13-25(38-2)14-11-22;/h10-15,19,24,26,31,36H,3-9,16-18,20-21H2,1-2H3,(H,32,35);1H4/t24-,26-,31-;/m1./s1. The number of carbonyl (C=O) groups excluding carboxylic acids is 2. The molecular formula is C32H46N2O7. The van der Waals surface area contributed by atoms with Gasteiger partial charge in [0, 0.05) is 38.1 Å². The molecule has 1 fully saturated rings. The number of likely N-dealkylation sites (tertiary alicyclic amines) is 1. The van der Waals surface area contributed by atoms with Crippen molar-refractivity contribution in [1.29, 1.82) is 0 Å². The summed E-state index contributed by atoms with van der Waals surface area (Å²) in [6.07, 6.45) is 4.11. The van der Waals surface area contributed by atoms with Crippen LogP contribution in [0.25, 0.3) is 0 Å². The number of hydrogen-bond donors (Lipinski definition) is 2. The Balaban J connectivity index is 0.00000462. The lowest BCUT2D eigenvalue weighted by atomic mass is 10.00. The van der Waals surface area contributed by atoms with Gasteiger partial charge >= 0.3 is 0 Å². The predicted octanol–water partition coefficient (Wildman–Crippen LogP) is 4.56. The molecule has 0 bridgehead atoms. The number of hydrogen-bond acceptors (Lipinski definition) is 8. The molecule has 0 spiro atoms. The number of unbranched alkanes of at least 4 members (excludes halogenated alkanes) is 2. The van der Waals surface area contributed by atoms with Crippen molar-refractivity contribution in [1.82, 2.24) is 10.2 Å². The second-order valence-corrected chi connectivity index (χ2v) is 10.5. The van der Waals surface area contributed by atoms with Gasteiger partial charge in [0.25, 0.3) is 0 Å². The summed E-state index contributed by atoms with van der Waals surface area (Å²) in [5.41, 5.74) is 1.34. The second-order valence-electron chi connectivity index (χ2n) is 10.5. The summed E-state index contributed by atoms with van der Waals surface area (Å²) in [6, 6.07) is 12.3. The van der Waals surface area contributed by atoms with Gasteiger partial charge in [-0.05, 0) is 74.2 Å². The van der Waals surface area contributed by atoms with E-state index < -0.39 is 12.1 Å². The number of ether oxygens (including phenoxy) is 4. The minimum Gasteiger partial charge on any atom is -0.497 e. The normalized spacial score (nSPS) is 17.8. The predicted molar refractivity (Wildman–Crippen MR) is 158 cm³/mol. The zero-order chi connectivity index (χ0) is 28.3. The third-order valence-corrected chi connectivity index (χ3v) is 7.64. The van der Waals surface area contributed by atoms with Crippen LogP contribution >= 0.6 is 0 Å². The van der Waals surface area contributed by atoms with Crippen LogP contribution in [0.15, 0.2) is 42.5 Å². The van der Waals surface area contributed by atoms with E-state index in [9.17, 15) is 14.7 Å². The molecule has 0 radical (unpaired) electrons. The Labute approximate surface area is 244 Å². The molecule has 2 N–H and O–H groups in total. The molecule has 0 unspecified atom stereocenters. The zero-order valence-corrected chi connectivity index (χ0v) is 23.6. The third-order valence-electron chi connectivity index (χ3n) is 7.64. The summed E-state index contributed by atoms with van der Waals surface area (Å²) in [6.45, 7) is 3.00. The van der Waals surface area contributed by atoms with Crippen molar-refractivity contribution in [3.8, 4) is 17.2 Å². The third kappa shape index (κ3) is 9.18. The molecule has 9 nitrogen and oxygen atoms in total. The lowest BCUT2D eigenvalue weighted by molar-refractivity contribution is -0.123. The van der Waals surface area contributed by atoms with Gasteiger partial charge in [-0.15, -0.1) is 0 Å². The molecule has 2 aliphatic heterocycles. The smallest absolute Gasteiger partial charge is 0.220 e. The van der Waals surface area contributed by atoms with Crippen molar-refractivity contribution in [2.75, 3.05) is 47.1 Å². The maximum absolute atomic E-state index is 13.0. The van der Waals surface area contributed by atoms with E-state index in [2.05, 4.69) is 10.2 Å². The van der Waals surface area contributed by atoms with Crippen molar-refractivity contribution in [2.24, 2.45) is 0 Å². The first-order valence-electron chi connectivity index (χ1n) is 14.3. The fourth-order valence-electron chi connectivity index (χ4n) is 5.42. The topological polar surface area (TPSA) is 107 Å². The van der Waals surface area contributed by atoms with Gasteiger partial charge in [-0.2, -0.15) is 0 Å². The van der Waals surface area contributed by atoms with E-state index in [0.717, 1.165) is 31.6 Å². The highest BCUT2D eigenvalue weighted by atomic mass is 16.6. The van der Waals surface area contributed by atoms with Gasteiger partial charge < -0.3 is 29.4 Å². The SMILES string of the molecule is C.COC[C@H]1CCCN1C[C@@H](NC(=O)CCCCCC(=O)c1ccc(OC)cc1)[C@H](O)c1ccc2c(c1)OCCO2. The first-order valence-corrected chi connectivity index (χ1v) is 14.3. The average molecular weight is 571 g/mol. The van der Waals surface area contributed by atoms with Crippen molar-refractivity contribution in [2.45, 2.75) is 70.6 Å². The molecule has 4 rings (SSSR count). The molecule has 2 aromatic carbocycles. The molecule has 0 aliphatic carbocycles. The van der Waals surface area contributed by atoms with E-state index in [0.29, 0.717) is 74.7 Å². The second kappa shape index (κ2) is 16.3. The van der Waals surface area contributed by atoms with E-state index in [4.69, 9.17) is 18.9 Å². The summed E-state index contributed by atoms with van der Waals surface area (Å²) in [5, 5.41) is 14.5. The van der Waals surface area contributed by atoms with Gasteiger partial charge in [0.15, 0.2) is 17.3 Å². The van der Waals surface area contributed by atoms with Gasteiger partial charge in [0.05, 0.1) is 19.8 Å². The van der Waals surface area contributed by atoms with Crippen LogP contribution in [0.5, 0.6) is 17.2 Å². The van der Waals surface area contributed by atoms with E-state index >= 15 is 0 Å². The molecule has 3 atom stereocenters. The number of rotatable bonds is 15. The first kappa shape index (κ1) is 32.4. The summed E-state index contributed by atoms with van der Waals surface area (Å²) in [4.78, 5) is 27.7. The molecule has 9 heteroatoms. The number of ketones is 1. The monoisotopic (exact) mass is 570 g/mol. The van der Waals surface area contributed by atoms with Crippen LogP contribution < -0.4 is 19.5 Å². The van der Waals surface area contributed by atoms with Crippen molar-refractivity contribution in [3.05, 3.63) is 53.6 Å². The van der Waals surface area contributed by atoms with Crippen molar-refractivity contribution >= 4 is 11.7 Å². The number of benzene rings is 2. The lowest BCUT2D eigenvalue weighted by Crippen LogP contribution is -2.49. The van der Waals surface area contributed by atoms with Crippen LogP contribution in [-0.2, 0) is 9.53 Å². The fraction of sp³-hybridized carbons (Fsp3) is 0.562. The molecule has 41 heavy (non-hydrogen) atoms. The van der Waals surface area contributed by atoms with Crippen LogP contribution in [0.1, 0.15) is 74.4 Å². The van der Waals surface area contributed by atoms with Gasteiger partial charge in [0.2, 0.25) is 5.91 Å². The Hall–Kier alpha value is -3.14. The van der Waals surface area contributed by atoms with Crippen molar-refractivity contribution in [3.63, 3.8) is 0 Å². The number of aliphatic hydroxyl groups is 1. The highest BCUT2D eigenvalue weighted by Crippen LogP contribution is 2.34. The highest BCUT2D eigenvalue weighted by Gasteiger charge is 2.31. The highest BCUT2D eigenvalue weighted by molar-refractivity contribution is 5.96. The molecule has 226 valence electrons. The minimum atomic E-state index is -0.911. The molecule has 0 saturated carbocycles. The van der Waals surface area contributed by atoms with Gasteiger partial charge in [-0.25, -0.2) is 0 Å². The first-order chi connectivity index (χ1) is 19.5. The number of amides is 1. The maximum atomic E-state index is 13.0. The summed E-state index contributed by atoms with van der Waals surface area (Å²) in [5.74, 6) is 1.97. The Kier molecular flexibility index (Phi) is 12.9. The number of carbonyl (C=O) groups is 2. The van der Waals surface area contributed by atoms with Crippen molar-refractivity contribution < 1.29 is 33.6 Å². The molecule has 1 amide bonds. The Morgan fingerprint density at radius 2 is 1.76 bits per heavy atom. The Morgan fingerprint density at radius 1 is 1.02 bits per heavy atom. The lowest BCUT2D eigenvalue weighted by Gasteiger charge is -2.32. The Morgan fingerprint density at radius 3 is 2.49 bits per heavy atom. The summed E-state index contributed by atoms with van der Waals surface area (Å²) < 4.78 is 21.9. The number of methoxy groups -OCH3 is 2. The molecular weight excluding hydrogens is 524 g/mol. The average Bonchev–Trinajstić information content (AvgIpc) is 3.42. The largest absolute Gasteiger partial charge is 0.497 e. The summed E-state index contributed by atoms with van der Waals surface area (Å²) >= 11 is 0. The van der Waals surface area contributed by atoms with Crippen LogP contribution in [0.4, 0.5) is 0 Å². The van der Waals surface area contributed by atoms with Crippen LogP contribution in [-0.4, -0.2) is 80.9 Å². The summed E-state index contributed by atoms with van der Waals surface area (Å²) in [7, 11) is 3.29. The van der Waals surface area contributed by atoms with Crippen LogP contribution in [0.3, 0.4) is 0 Å². The fourth-order valence-corrected chi connectivity index (χ4v) is 5.42. The molecule has 2 aliphatic rings. The number of Topliss-reactive ketones (excluding diaryl/α,β-unsaturated/α-hetero) is 1. The number of nitrogens with one attached hydrogen (secondary N) is 1. The molecule has 2 heterocycles. The zero-order valence-electron chi connectivity index (χ0n) is 23.6. The van der Waals surface area contributed by atoms with E-state index in [1.165, 1.54) is 0 Å². The minimum absolute atomic E-state index is 0. The van der Waals surface area contributed by atoms with Gasteiger partial charge in [0.1, 0.15) is 25.1 Å². The Bertz CT molecular complexity index is 1110. The number of aliphatic hydroxyl groups excluding tert-OH is 1. The number of nitrogens with zero attached hydrogens (tertiary/aromatic N) is 1. The van der Waals surface area contributed by atoms with Gasteiger partial charge in [-0.1, -0.05) is 19.9 Å². The van der Waals surface area contributed by atoms with Gasteiger partial charge in [-0.3, -0.25) is 14.5 Å². The quantitative estimate of drug-likeness (QED) is 0.237.